The fourth-order valence-electron chi connectivity index (χ4n) is 3.82. The van der Waals surface area contributed by atoms with E-state index in [1.165, 1.54) is 32.2 Å². The molecule has 0 aromatic carbocycles. The fourth-order valence-corrected chi connectivity index (χ4v) is 3.82. The van der Waals surface area contributed by atoms with Gasteiger partial charge in [-0.1, -0.05) is 19.4 Å². The van der Waals surface area contributed by atoms with E-state index in [-0.39, 0.29) is 0 Å². The largest absolute Gasteiger partial charge is 0.355 e. The SMILES string of the molecule is CCC1CCCCN1CCNC(=NC)NCc1ccc(-n2ccnc2C)nc1. The number of rotatable bonds is 7. The number of hydrogen-bond acceptors (Lipinski definition) is 4. The summed E-state index contributed by atoms with van der Waals surface area (Å²) in [5.41, 5.74) is 1.12. The van der Waals surface area contributed by atoms with Crippen molar-refractivity contribution in [3.05, 3.63) is 42.1 Å². The Morgan fingerprint density at radius 2 is 2.14 bits per heavy atom. The van der Waals surface area contributed by atoms with Crippen molar-refractivity contribution in [1.29, 1.82) is 0 Å². The first-order chi connectivity index (χ1) is 13.7. The predicted molar refractivity (Wildman–Crippen MR) is 114 cm³/mol. The Balaban J connectivity index is 1.44. The van der Waals surface area contributed by atoms with E-state index in [2.05, 4.69) is 43.5 Å². The Hall–Kier alpha value is -2.41. The molecule has 1 atom stereocenters. The first-order valence-electron chi connectivity index (χ1n) is 10.3. The lowest BCUT2D eigenvalue weighted by Crippen LogP contribution is -2.45. The monoisotopic (exact) mass is 383 g/mol. The zero-order valence-electron chi connectivity index (χ0n) is 17.4. The molecule has 0 spiro atoms. The van der Waals surface area contributed by atoms with Gasteiger partial charge in [-0.3, -0.25) is 14.5 Å². The van der Waals surface area contributed by atoms with E-state index < -0.39 is 0 Å². The van der Waals surface area contributed by atoms with Crippen LogP contribution >= 0.6 is 0 Å². The minimum Gasteiger partial charge on any atom is -0.355 e. The first-order valence-corrected chi connectivity index (χ1v) is 10.3. The van der Waals surface area contributed by atoms with Gasteiger partial charge in [0.1, 0.15) is 11.6 Å². The number of aromatic nitrogens is 3. The third kappa shape index (κ3) is 5.32. The van der Waals surface area contributed by atoms with Gasteiger partial charge in [0.15, 0.2) is 5.96 Å². The van der Waals surface area contributed by atoms with Crippen LogP contribution in [0, 0.1) is 6.92 Å². The molecule has 3 heterocycles. The molecule has 2 N–H and O–H groups in total. The van der Waals surface area contributed by atoms with Crippen LogP contribution in [0.4, 0.5) is 0 Å². The third-order valence-electron chi connectivity index (χ3n) is 5.48. The molecule has 152 valence electrons. The Labute approximate surface area is 168 Å². The van der Waals surface area contributed by atoms with Gasteiger partial charge in [-0.2, -0.15) is 0 Å². The van der Waals surface area contributed by atoms with Crippen LogP contribution in [0.5, 0.6) is 0 Å². The second-order valence-corrected chi connectivity index (χ2v) is 7.32. The summed E-state index contributed by atoms with van der Waals surface area (Å²) in [6.07, 6.45) is 10.9. The van der Waals surface area contributed by atoms with Gasteiger partial charge >= 0.3 is 0 Å². The van der Waals surface area contributed by atoms with Crippen molar-refractivity contribution in [2.45, 2.75) is 52.1 Å². The van der Waals surface area contributed by atoms with Crippen molar-refractivity contribution in [2.24, 2.45) is 4.99 Å². The topological polar surface area (TPSA) is 70.4 Å². The average Bonchev–Trinajstić information content (AvgIpc) is 3.17. The number of likely N-dealkylation sites (tertiary alicyclic amines) is 1. The Kier molecular flexibility index (Phi) is 7.42. The molecule has 7 nitrogen and oxygen atoms in total. The molecule has 2 aromatic rings. The summed E-state index contributed by atoms with van der Waals surface area (Å²) in [6, 6.07) is 4.85. The van der Waals surface area contributed by atoms with Gasteiger partial charge in [0.05, 0.1) is 0 Å². The minimum atomic E-state index is 0.692. The molecule has 2 aromatic heterocycles. The molecule has 7 heteroatoms. The van der Waals surface area contributed by atoms with Gasteiger partial charge in [0.2, 0.25) is 0 Å². The van der Waals surface area contributed by atoms with Crippen LogP contribution in [0.25, 0.3) is 5.82 Å². The molecule has 0 aliphatic carbocycles. The quantitative estimate of drug-likeness (QED) is 0.568. The maximum Gasteiger partial charge on any atom is 0.191 e. The Morgan fingerprint density at radius 1 is 1.25 bits per heavy atom. The zero-order chi connectivity index (χ0) is 19.8. The van der Waals surface area contributed by atoms with Crippen LogP contribution in [0.1, 0.15) is 44.0 Å². The highest BCUT2D eigenvalue weighted by atomic mass is 15.2. The number of nitrogens with zero attached hydrogens (tertiary/aromatic N) is 5. The van der Waals surface area contributed by atoms with Crippen molar-refractivity contribution in [1.82, 2.24) is 30.1 Å². The summed E-state index contributed by atoms with van der Waals surface area (Å²) in [5.74, 6) is 2.65. The van der Waals surface area contributed by atoms with E-state index in [0.29, 0.717) is 6.54 Å². The maximum absolute atomic E-state index is 4.54. The second kappa shape index (κ2) is 10.2. The Morgan fingerprint density at radius 3 is 2.82 bits per heavy atom. The van der Waals surface area contributed by atoms with Gasteiger partial charge in [0.25, 0.3) is 0 Å². The number of pyridine rings is 1. The van der Waals surface area contributed by atoms with Gasteiger partial charge in [0, 0.05) is 51.3 Å². The molecule has 0 saturated carbocycles. The molecule has 1 unspecified atom stereocenters. The average molecular weight is 384 g/mol. The summed E-state index contributed by atoms with van der Waals surface area (Å²) >= 11 is 0. The van der Waals surface area contributed by atoms with E-state index >= 15 is 0 Å². The summed E-state index contributed by atoms with van der Waals surface area (Å²) in [5, 5.41) is 6.81. The van der Waals surface area contributed by atoms with Crippen molar-refractivity contribution >= 4 is 5.96 Å². The molecular weight excluding hydrogens is 350 g/mol. The van der Waals surface area contributed by atoms with Crippen LogP contribution in [0.3, 0.4) is 0 Å². The molecule has 1 saturated heterocycles. The van der Waals surface area contributed by atoms with E-state index in [9.17, 15) is 0 Å². The highest BCUT2D eigenvalue weighted by Crippen LogP contribution is 2.18. The Bertz CT molecular complexity index is 750. The van der Waals surface area contributed by atoms with Crippen molar-refractivity contribution < 1.29 is 0 Å². The van der Waals surface area contributed by atoms with Gasteiger partial charge in [-0.25, -0.2) is 9.97 Å². The van der Waals surface area contributed by atoms with Gasteiger partial charge in [-0.05, 0) is 44.4 Å². The lowest BCUT2D eigenvalue weighted by Gasteiger charge is -2.35. The van der Waals surface area contributed by atoms with E-state index in [1.54, 1.807) is 6.20 Å². The first kappa shape index (κ1) is 20.3. The minimum absolute atomic E-state index is 0.692. The number of hydrogen-bond donors (Lipinski definition) is 2. The molecule has 1 fully saturated rings. The maximum atomic E-state index is 4.54. The van der Waals surface area contributed by atoms with Crippen LogP contribution < -0.4 is 10.6 Å². The molecular formula is C21H33N7. The molecule has 1 aliphatic heterocycles. The summed E-state index contributed by atoms with van der Waals surface area (Å²) < 4.78 is 1.97. The predicted octanol–water partition coefficient (Wildman–Crippen LogP) is 2.51. The fraction of sp³-hybridized carbons (Fsp3) is 0.571. The molecule has 3 rings (SSSR count). The molecule has 0 amide bonds. The number of guanidine groups is 1. The van der Waals surface area contributed by atoms with E-state index in [4.69, 9.17) is 0 Å². The number of piperidine rings is 1. The van der Waals surface area contributed by atoms with Crippen molar-refractivity contribution in [3.8, 4) is 5.82 Å². The van der Waals surface area contributed by atoms with Gasteiger partial charge < -0.3 is 10.6 Å². The molecule has 1 aliphatic rings. The summed E-state index contributed by atoms with van der Waals surface area (Å²) in [7, 11) is 1.81. The smallest absolute Gasteiger partial charge is 0.191 e. The molecule has 0 bridgehead atoms. The second-order valence-electron chi connectivity index (χ2n) is 7.32. The third-order valence-corrected chi connectivity index (χ3v) is 5.48. The van der Waals surface area contributed by atoms with E-state index in [1.807, 2.05) is 37.0 Å². The van der Waals surface area contributed by atoms with Crippen LogP contribution in [-0.2, 0) is 6.54 Å². The van der Waals surface area contributed by atoms with Crippen molar-refractivity contribution in [2.75, 3.05) is 26.7 Å². The summed E-state index contributed by atoms with van der Waals surface area (Å²) in [6.45, 7) is 8.16. The normalized spacial score (nSPS) is 18.2. The highest BCUT2D eigenvalue weighted by Gasteiger charge is 2.19. The van der Waals surface area contributed by atoms with Crippen LogP contribution in [0.2, 0.25) is 0 Å². The number of nitrogens with one attached hydrogen (secondary N) is 2. The van der Waals surface area contributed by atoms with Crippen LogP contribution in [-0.4, -0.2) is 58.1 Å². The number of aryl methyl sites for hydroxylation is 1. The van der Waals surface area contributed by atoms with Crippen LogP contribution in [0.15, 0.2) is 35.7 Å². The molecule has 28 heavy (non-hydrogen) atoms. The number of imidazole rings is 1. The lowest BCUT2D eigenvalue weighted by molar-refractivity contribution is 0.147. The zero-order valence-corrected chi connectivity index (χ0v) is 17.4. The molecule has 0 radical (unpaired) electrons. The van der Waals surface area contributed by atoms with Gasteiger partial charge in [-0.15, -0.1) is 0 Å². The lowest BCUT2D eigenvalue weighted by atomic mass is 10.0. The summed E-state index contributed by atoms with van der Waals surface area (Å²) in [4.78, 5) is 15.7. The van der Waals surface area contributed by atoms with Crippen molar-refractivity contribution in [3.63, 3.8) is 0 Å². The standard InChI is InChI=1S/C21H33N7/c1-4-19-7-5-6-12-27(19)13-10-24-21(22-3)26-16-18-8-9-20(25-15-18)28-14-11-23-17(28)2/h8-9,11,14-15,19H,4-7,10,12-13,16H2,1-3H3,(H2,22,24,26). The van der Waals surface area contributed by atoms with E-state index in [0.717, 1.165) is 42.3 Å². The number of aliphatic imine (C=N–C) groups is 1. The highest BCUT2D eigenvalue weighted by molar-refractivity contribution is 5.79.